The van der Waals surface area contributed by atoms with Crippen LogP contribution in [0.15, 0.2) is 64.8 Å². The fourth-order valence-electron chi connectivity index (χ4n) is 5.81. The van der Waals surface area contributed by atoms with Crippen LogP contribution in [0.3, 0.4) is 0 Å². The van der Waals surface area contributed by atoms with Crippen LogP contribution >= 0.6 is 15.9 Å². The molecule has 4 rings (SSSR count). The summed E-state index contributed by atoms with van der Waals surface area (Å²) < 4.78 is 6.21. The van der Waals surface area contributed by atoms with Crippen LogP contribution in [-0.4, -0.2) is 63.9 Å². The van der Waals surface area contributed by atoms with Crippen LogP contribution in [0.4, 0.5) is 0 Å². The van der Waals surface area contributed by atoms with Crippen molar-refractivity contribution in [3.8, 4) is 5.75 Å². The number of likely N-dealkylation sites (N-methyl/N-ethyl adjacent to an activating group) is 1. The molecular weight excluding hydrogens is 652 g/mol. The molecule has 3 aromatic rings. The van der Waals surface area contributed by atoms with Crippen LogP contribution in [0, 0.1) is 11.8 Å². The quantitative estimate of drug-likeness (QED) is 0.216. The van der Waals surface area contributed by atoms with E-state index >= 15 is 0 Å². The lowest BCUT2D eigenvalue weighted by atomic mass is 9.96. The molecule has 246 valence electrons. The Morgan fingerprint density at radius 3 is 2.41 bits per heavy atom. The highest BCUT2D eigenvalue weighted by Gasteiger charge is 2.34. The lowest BCUT2D eigenvalue weighted by molar-refractivity contribution is -0.150. The molecule has 0 fully saturated rings. The number of H-pyrrole nitrogens is 1. The van der Waals surface area contributed by atoms with Crippen LogP contribution in [0.1, 0.15) is 64.6 Å². The van der Waals surface area contributed by atoms with E-state index in [2.05, 4.69) is 31.5 Å². The van der Waals surface area contributed by atoms with Crippen molar-refractivity contribution in [1.82, 2.24) is 20.5 Å². The Morgan fingerprint density at radius 2 is 1.70 bits per heavy atom. The maximum Gasteiger partial charge on any atom is 0.308 e. The summed E-state index contributed by atoms with van der Waals surface area (Å²) in [6.45, 7) is 9.09. The molecule has 10 nitrogen and oxygen atoms in total. The van der Waals surface area contributed by atoms with E-state index in [9.17, 15) is 24.3 Å². The molecule has 0 spiro atoms. The van der Waals surface area contributed by atoms with E-state index in [0.29, 0.717) is 16.5 Å². The van der Waals surface area contributed by atoms with Gasteiger partial charge in [0.25, 0.3) is 0 Å². The number of hydrogen-bond donors (Lipinski definition) is 4. The number of fused-ring (bicyclic) bond motifs is 1. The molecule has 2 heterocycles. The van der Waals surface area contributed by atoms with Gasteiger partial charge in [0.05, 0.1) is 16.9 Å². The smallest absolute Gasteiger partial charge is 0.308 e. The van der Waals surface area contributed by atoms with Gasteiger partial charge in [0.1, 0.15) is 23.9 Å². The van der Waals surface area contributed by atoms with Gasteiger partial charge in [-0.15, -0.1) is 0 Å². The Hall–Kier alpha value is -4.12. The van der Waals surface area contributed by atoms with Crippen molar-refractivity contribution < 1.29 is 29.0 Å². The number of ether oxygens (including phenoxy) is 1. The third-order valence-electron chi connectivity index (χ3n) is 8.68. The number of phenols is 1. The van der Waals surface area contributed by atoms with Crippen LogP contribution in [0.2, 0.25) is 0 Å². The summed E-state index contributed by atoms with van der Waals surface area (Å²) in [6.07, 6.45) is 3.80. The summed E-state index contributed by atoms with van der Waals surface area (Å²) >= 11 is 3.33. The minimum Gasteiger partial charge on any atom is -0.507 e. The molecule has 4 N–H and O–H groups in total. The fraction of sp³-hybridized carbons (Fsp3) is 0.429. The van der Waals surface area contributed by atoms with Gasteiger partial charge < -0.3 is 30.4 Å². The van der Waals surface area contributed by atoms with E-state index < -0.39 is 47.9 Å². The van der Waals surface area contributed by atoms with Gasteiger partial charge in [-0.25, -0.2) is 0 Å². The van der Waals surface area contributed by atoms with Crippen LogP contribution in [0.5, 0.6) is 5.75 Å². The first kappa shape index (κ1) is 34.7. The highest BCUT2D eigenvalue weighted by atomic mass is 79.9. The number of rotatable bonds is 3. The zero-order chi connectivity index (χ0) is 33.7. The van der Waals surface area contributed by atoms with E-state index in [0.717, 1.165) is 22.0 Å². The number of esters is 1. The molecule has 46 heavy (non-hydrogen) atoms. The number of amides is 3. The normalized spacial score (nSPS) is 26.1. The second-order valence-electron chi connectivity index (χ2n) is 12.4. The van der Waals surface area contributed by atoms with Gasteiger partial charge in [0.15, 0.2) is 0 Å². The average molecular weight is 696 g/mol. The number of para-hydroxylation sites is 1. The number of aromatic hydroxyl groups is 1. The van der Waals surface area contributed by atoms with Crippen molar-refractivity contribution in [1.29, 1.82) is 0 Å². The molecular formula is C35H43BrN4O6. The van der Waals surface area contributed by atoms with E-state index in [4.69, 9.17) is 4.74 Å². The number of benzene rings is 2. The number of carbonyl (C=O) groups excluding carboxylic acids is 4. The highest BCUT2D eigenvalue weighted by Crippen LogP contribution is 2.30. The van der Waals surface area contributed by atoms with Crippen molar-refractivity contribution in [2.24, 2.45) is 11.8 Å². The van der Waals surface area contributed by atoms with Crippen molar-refractivity contribution in [3.63, 3.8) is 0 Å². The lowest BCUT2D eigenvalue weighted by Gasteiger charge is -2.32. The second kappa shape index (κ2) is 15.0. The van der Waals surface area contributed by atoms with Crippen LogP contribution in [-0.2, 0) is 30.3 Å². The number of cyclic esters (lactones) is 1. The first-order chi connectivity index (χ1) is 21.7. The predicted molar refractivity (Wildman–Crippen MR) is 180 cm³/mol. The Morgan fingerprint density at radius 1 is 0.978 bits per heavy atom. The summed E-state index contributed by atoms with van der Waals surface area (Å²) in [5, 5.41) is 16.9. The standard InChI is InChI=1S/C35H43BrN4O6/c1-19-13-20(2)23(5)46-32(42)17-29(24-11-12-31(41)27(36)15-24)39-34(44)30(16-25-18-37-28-10-8-7-9-26(25)28)40(6)35(45)22(4)38-33(43)21(3)14-19/h7-13,15,18,20-23,29-30,37,41H,14,16-17H2,1-6H3,(H,38,43)(H,39,44)/t20-,21-,22-,23+,29?,30+/m0/s1. The third-order valence-corrected chi connectivity index (χ3v) is 9.31. The van der Waals surface area contributed by atoms with Gasteiger partial charge in [-0.1, -0.05) is 49.8 Å². The minimum absolute atomic E-state index is 0.00958. The lowest BCUT2D eigenvalue weighted by Crippen LogP contribution is -2.55. The number of aromatic amines is 1. The number of aromatic nitrogens is 1. The van der Waals surface area contributed by atoms with Crippen molar-refractivity contribution in [2.45, 2.75) is 78.1 Å². The molecule has 3 amide bonds. The van der Waals surface area contributed by atoms with Gasteiger partial charge >= 0.3 is 5.97 Å². The molecule has 0 radical (unpaired) electrons. The zero-order valence-electron chi connectivity index (χ0n) is 27.1. The summed E-state index contributed by atoms with van der Waals surface area (Å²) in [4.78, 5) is 59.0. The largest absolute Gasteiger partial charge is 0.507 e. The molecule has 11 heteroatoms. The molecule has 1 unspecified atom stereocenters. The SMILES string of the molecule is CC1=C[C@H](C)[C@@H](C)OC(=O)CC(c2ccc(O)c(Br)c2)NC(=O)[C@@H](Cc2c[nH]c3ccccc23)N(C)C(=O)[C@H](C)NC(=O)[C@@H](C)C1. The minimum atomic E-state index is -0.995. The predicted octanol–water partition coefficient (Wildman–Crippen LogP) is 5.31. The Balaban J connectivity index is 1.75. The molecule has 1 aliphatic rings. The van der Waals surface area contributed by atoms with Gasteiger partial charge in [0.2, 0.25) is 17.7 Å². The number of nitrogens with zero attached hydrogens (tertiary/aromatic N) is 1. The van der Waals surface area contributed by atoms with Crippen LogP contribution in [0.25, 0.3) is 10.9 Å². The van der Waals surface area contributed by atoms with E-state index in [1.165, 1.54) is 11.0 Å². The van der Waals surface area contributed by atoms with E-state index in [1.807, 2.05) is 57.3 Å². The molecule has 0 saturated heterocycles. The molecule has 1 aromatic heterocycles. The monoisotopic (exact) mass is 694 g/mol. The number of nitrogens with one attached hydrogen (secondary N) is 3. The summed E-state index contributed by atoms with van der Waals surface area (Å²) in [7, 11) is 1.54. The Kier molecular flexibility index (Phi) is 11.3. The summed E-state index contributed by atoms with van der Waals surface area (Å²) in [5.41, 5.74) is 3.25. The van der Waals surface area contributed by atoms with Gasteiger partial charge in [-0.3, -0.25) is 19.2 Å². The molecule has 0 bridgehead atoms. The zero-order valence-corrected chi connectivity index (χ0v) is 28.7. The van der Waals surface area contributed by atoms with Gasteiger partial charge in [-0.2, -0.15) is 0 Å². The molecule has 0 saturated carbocycles. The molecule has 0 aliphatic carbocycles. The summed E-state index contributed by atoms with van der Waals surface area (Å²) in [6, 6.07) is 9.71. The van der Waals surface area contributed by atoms with Crippen LogP contribution < -0.4 is 10.6 Å². The van der Waals surface area contributed by atoms with Gasteiger partial charge in [0, 0.05) is 42.4 Å². The Labute approximate surface area is 278 Å². The molecule has 2 aromatic carbocycles. The number of allylic oxidation sites excluding steroid dienone is 1. The van der Waals surface area contributed by atoms with E-state index in [1.54, 1.807) is 33.0 Å². The fourth-order valence-corrected chi connectivity index (χ4v) is 6.20. The summed E-state index contributed by atoms with van der Waals surface area (Å²) in [5.74, 6) is -2.24. The number of hydrogen-bond acceptors (Lipinski definition) is 6. The van der Waals surface area contributed by atoms with Gasteiger partial charge in [-0.05, 0) is 72.4 Å². The van der Waals surface area contributed by atoms with E-state index in [-0.39, 0.29) is 30.4 Å². The average Bonchev–Trinajstić information content (AvgIpc) is 3.42. The van der Waals surface area contributed by atoms with Crippen molar-refractivity contribution in [2.75, 3.05) is 7.05 Å². The maximum absolute atomic E-state index is 14.2. The number of carbonyl (C=O) groups is 4. The number of phenolic OH excluding ortho intramolecular Hbond substituents is 1. The maximum atomic E-state index is 14.2. The second-order valence-corrected chi connectivity index (χ2v) is 13.3. The molecule has 6 atom stereocenters. The first-order valence-electron chi connectivity index (χ1n) is 15.5. The first-order valence-corrected chi connectivity index (χ1v) is 16.3. The molecule has 1 aliphatic heterocycles. The third kappa shape index (κ3) is 8.37. The van der Waals surface area contributed by atoms with Crippen molar-refractivity contribution >= 4 is 50.5 Å². The number of halogens is 1. The Bertz CT molecular complexity index is 1630. The van der Waals surface area contributed by atoms with Crippen molar-refractivity contribution in [3.05, 3.63) is 75.9 Å². The topological polar surface area (TPSA) is 141 Å². The highest BCUT2D eigenvalue weighted by molar-refractivity contribution is 9.10.